The lowest BCUT2D eigenvalue weighted by Gasteiger charge is -2.13. The van der Waals surface area contributed by atoms with E-state index >= 15 is 0 Å². The van der Waals surface area contributed by atoms with Crippen molar-refractivity contribution in [2.75, 3.05) is 0 Å². The highest BCUT2D eigenvalue weighted by Crippen LogP contribution is 2.42. The minimum atomic E-state index is -3.46. The average molecular weight is 541 g/mol. The van der Waals surface area contributed by atoms with Crippen LogP contribution in [0, 0.1) is 0 Å². The van der Waals surface area contributed by atoms with Crippen molar-refractivity contribution in [3.05, 3.63) is 96.2 Å². The van der Waals surface area contributed by atoms with E-state index < -0.39 is 21.2 Å². The Morgan fingerprint density at radius 1 is 0.974 bits per heavy atom. The molecule has 38 heavy (non-hydrogen) atoms. The molecule has 2 aromatic heterocycles. The number of H-pyrrole nitrogens is 1. The Morgan fingerprint density at radius 2 is 1.74 bits per heavy atom. The van der Waals surface area contributed by atoms with Crippen LogP contribution in [-0.4, -0.2) is 29.5 Å². The number of nitrogens with one attached hydrogen (secondary N) is 2. The fraction of sp³-hybridized carbons (Fsp3) is 0.0357. The summed E-state index contributed by atoms with van der Waals surface area (Å²) in [6.45, 7) is 0. The number of hydrogen-bond acceptors (Lipinski definition) is 6. The lowest BCUT2D eigenvalue weighted by molar-refractivity contribution is 0.0945. The van der Waals surface area contributed by atoms with Crippen LogP contribution >= 0.6 is 11.6 Å². The van der Waals surface area contributed by atoms with Crippen LogP contribution in [0.3, 0.4) is 0 Å². The van der Waals surface area contributed by atoms with Gasteiger partial charge in [0, 0.05) is 5.56 Å². The van der Waals surface area contributed by atoms with Gasteiger partial charge in [-0.2, -0.15) is 5.10 Å². The molecule has 0 bridgehead atoms. The third-order valence-electron chi connectivity index (χ3n) is 6.62. The van der Waals surface area contributed by atoms with Crippen molar-refractivity contribution in [2.45, 2.75) is 15.3 Å². The molecule has 1 amide bonds. The smallest absolute Gasteiger partial charge is 0.254 e. The molecule has 1 aliphatic heterocycles. The molecule has 0 spiro atoms. The molecule has 4 aromatic carbocycles. The highest BCUT2D eigenvalue weighted by Gasteiger charge is 2.43. The normalized spacial score (nSPS) is 14.3. The van der Waals surface area contributed by atoms with E-state index in [1.54, 1.807) is 18.3 Å². The minimum Gasteiger partial charge on any atom is -0.436 e. The van der Waals surface area contributed by atoms with Gasteiger partial charge in [-0.3, -0.25) is 9.89 Å². The molecule has 10 heteroatoms. The van der Waals surface area contributed by atoms with Gasteiger partial charge in [-0.15, -0.1) is 0 Å². The fourth-order valence-electron chi connectivity index (χ4n) is 4.63. The van der Waals surface area contributed by atoms with E-state index in [1.165, 1.54) is 18.2 Å². The van der Waals surface area contributed by atoms with Gasteiger partial charge in [0.25, 0.3) is 5.91 Å². The molecule has 0 saturated heterocycles. The number of rotatable bonds is 5. The first-order chi connectivity index (χ1) is 18.4. The predicted molar refractivity (Wildman–Crippen MR) is 142 cm³/mol. The van der Waals surface area contributed by atoms with E-state index in [-0.39, 0.29) is 15.4 Å². The van der Waals surface area contributed by atoms with E-state index in [0.29, 0.717) is 22.6 Å². The number of amides is 1. The summed E-state index contributed by atoms with van der Waals surface area (Å²) in [4.78, 5) is 17.6. The van der Waals surface area contributed by atoms with Gasteiger partial charge in [-0.05, 0) is 40.6 Å². The number of aromatic amines is 1. The Labute approximate surface area is 221 Å². The van der Waals surface area contributed by atoms with Crippen molar-refractivity contribution < 1.29 is 17.6 Å². The van der Waals surface area contributed by atoms with E-state index in [9.17, 15) is 13.2 Å². The fourth-order valence-corrected chi connectivity index (χ4v) is 6.38. The van der Waals surface area contributed by atoms with Crippen molar-refractivity contribution in [1.29, 1.82) is 0 Å². The summed E-state index contributed by atoms with van der Waals surface area (Å²) in [6, 6.07) is 23.7. The summed E-state index contributed by atoms with van der Waals surface area (Å²) in [7, 11) is -3.46. The van der Waals surface area contributed by atoms with Gasteiger partial charge in [-0.25, -0.2) is 13.4 Å². The molecule has 1 atom stereocenters. The molecule has 186 valence electrons. The zero-order valence-corrected chi connectivity index (χ0v) is 21.0. The van der Waals surface area contributed by atoms with Crippen molar-refractivity contribution >= 4 is 49.2 Å². The number of carbonyl (C=O) groups excluding carboxylic acids is 1. The quantitative estimate of drug-likeness (QED) is 0.160. The highest BCUT2D eigenvalue weighted by molar-refractivity contribution is 7.97. The lowest BCUT2D eigenvalue weighted by Crippen LogP contribution is -2.25. The number of aromatic nitrogens is 3. The van der Waals surface area contributed by atoms with Crippen LogP contribution in [0.5, 0.6) is 0 Å². The Bertz CT molecular complexity index is 1960. The zero-order valence-electron chi connectivity index (χ0n) is 19.5. The Kier molecular flexibility index (Phi) is 4.94. The summed E-state index contributed by atoms with van der Waals surface area (Å²) in [5.74, 6) is -0.101. The van der Waals surface area contributed by atoms with Gasteiger partial charge in [0.1, 0.15) is 15.9 Å². The predicted octanol–water partition coefficient (Wildman–Crippen LogP) is 5.85. The second-order valence-electron chi connectivity index (χ2n) is 8.94. The highest BCUT2D eigenvalue weighted by atomic mass is 35.5. The molecule has 0 saturated carbocycles. The summed E-state index contributed by atoms with van der Waals surface area (Å²) in [5.41, 5.74) is 3.57. The van der Waals surface area contributed by atoms with Gasteiger partial charge in [0.2, 0.25) is 15.7 Å². The topological polar surface area (TPSA) is 118 Å². The van der Waals surface area contributed by atoms with Crippen LogP contribution in [0.1, 0.15) is 21.4 Å². The first-order valence-corrected chi connectivity index (χ1v) is 13.6. The Morgan fingerprint density at radius 3 is 2.53 bits per heavy atom. The number of oxazole rings is 1. The monoisotopic (exact) mass is 540 g/mol. The Hall–Kier alpha value is -4.47. The molecule has 7 rings (SSSR count). The van der Waals surface area contributed by atoms with Gasteiger partial charge in [0.05, 0.1) is 27.9 Å². The second kappa shape index (κ2) is 8.27. The summed E-state index contributed by atoms with van der Waals surface area (Å²) >= 11 is 6.46. The van der Waals surface area contributed by atoms with Gasteiger partial charge in [0.15, 0.2) is 5.58 Å². The maximum Gasteiger partial charge on any atom is 0.254 e. The van der Waals surface area contributed by atoms with Crippen LogP contribution in [0.15, 0.2) is 99.3 Å². The molecule has 2 N–H and O–H groups in total. The van der Waals surface area contributed by atoms with Crippen molar-refractivity contribution in [1.82, 2.24) is 20.5 Å². The molecule has 1 aliphatic rings. The number of fused-ring (bicyclic) bond motifs is 3. The van der Waals surface area contributed by atoms with Crippen LogP contribution in [0.4, 0.5) is 0 Å². The molecular formula is C28H17ClN4O4S. The molecule has 0 radical (unpaired) electrons. The molecule has 8 nitrogen and oxygen atoms in total. The standard InChI is InChI=1S/C28H17ClN4O4S/c29-26(32-27(34)19-6-3-7-23-25(19)38(23,35)36)16-10-8-15(9-11-16)24-20(14-30-33-24)28-31-21-12-17-4-1-2-5-18(17)13-22(21)37-28/h1-14,26H,(H,30,33)(H,32,34). The summed E-state index contributed by atoms with van der Waals surface area (Å²) in [6.07, 6.45) is 1.67. The number of sulfone groups is 1. The molecule has 0 fully saturated rings. The third-order valence-corrected chi connectivity index (χ3v) is 8.67. The van der Waals surface area contributed by atoms with Crippen molar-refractivity contribution in [3.63, 3.8) is 0 Å². The maximum atomic E-state index is 12.7. The summed E-state index contributed by atoms with van der Waals surface area (Å²) < 4.78 is 30.0. The molecule has 0 aliphatic carbocycles. The van der Waals surface area contributed by atoms with Crippen molar-refractivity contribution in [2.24, 2.45) is 0 Å². The maximum absolute atomic E-state index is 12.7. The van der Waals surface area contributed by atoms with Crippen LogP contribution in [0.2, 0.25) is 0 Å². The lowest BCUT2D eigenvalue weighted by atomic mass is 10.1. The molecule has 6 aromatic rings. The third kappa shape index (κ3) is 3.59. The number of carbonyl (C=O) groups is 1. The molecule has 3 heterocycles. The molecule has 1 unspecified atom stereocenters. The number of nitrogens with zero attached hydrogens (tertiary/aromatic N) is 2. The SMILES string of the molecule is O=C(NC(Cl)c1ccc(-c2[nH]ncc2-c2nc3cc4ccccc4cc3o2)cc1)c1cccc2c1S2(=O)=O. The van der Waals surface area contributed by atoms with Crippen LogP contribution in [-0.2, 0) is 9.84 Å². The zero-order chi connectivity index (χ0) is 26.0. The Balaban J connectivity index is 1.14. The summed E-state index contributed by atoms with van der Waals surface area (Å²) in [5, 5.41) is 12.0. The van der Waals surface area contributed by atoms with Gasteiger partial charge >= 0.3 is 0 Å². The number of hydrogen-bond donors (Lipinski definition) is 2. The second-order valence-corrected chi connectivity index (χ2v) is 11.2. The minimum absolute atomic E-state index is 0.0655. The van der Waals surface area contributed by atoms with E-state index in [1.807, 2.05) is 48.5 Å². The van der Waals surface area contributed by atoms with Crippen LogP contribution in [0.25, 0.3) is 44.6 Å². The van der Waals surface area contributed by atoms with E-state index in [4.69, 9.17) is 16.0 Å². The average Bonchev–Trinajstić information content (AvgIpc) is 3.30. The van der Waals surface area contributed by atoms with Crippen LogP contribution < -0.4 is 5.32 Å². The van der Waals surface area contributed by atoms with Gasteiger partial charge < -0.3 is 9.73 Å². The van der Waals surface area contributed by atoms with E-state index in [0.717, 1.165) is 27.5 Å². The number of halogens is 1. The van der Waals surface area contributed by atoms with Crippen molar-refractivity contribution in [3.8, 4) is 22.7 Å². The van der Waals surface area contributed by atoms with Gasteiger partial charge in [-0.1, -0.05) is 66.2 Å². The first-order valence-electron chi connectivity index (χ1n) is 11.7. The first kappa shape index (κ1) is 22.7. The van der Waals surface area contributed by atoms with E-state index in [2.05, 4.69) is 20.5 Å². The number of alkyl halides is 1. The molecular weight excluding hydrogens is 524 g/mol. The number of benzene rings is 4. The largest absolute Gasteiger partial charge is 0.436 e.